The Morgan fingerprint density at radius 1 is 0.955 bits per heavy atom. The maximum atomic E-state index is 13.0. The van der Waals surface area contributed by atoms with Crippen molar-refractivity contribution in [2.75, 3.05) is 6.61 Å². The molecule has 2 rings (SSSR count). The van der Waals surface area contributed by atoms with Crippen LogP contribution in [0.3, 0.4) is 0 Å². The van der Waals surface area contributed by atoms with Crippen LogP contribution < -0.4 is 5.32 Å². The molecule has 0 saturated carbocycles. The van der Waals surface area contributed by atoms with Crippen molar-refractivity contribution in [1.29, 1.82) is 0 Å². The molecule has 0 aliphatic rings. The molecular weight excluding hydrogens is 291 g/mol. The third kappa shape index (κ3) is 4.32. The summed E-state index contributed by atoms with van der Waals surface area (Å²) < 4.78 is 38.9. The molecule has 5 heteroatoms. The van der Waals surface area contributed by atoms with Crippen LogP contribution >= 0.6 is 0 Å². The maximum absolute atomic E-state index is 13.0. The molecule has 0 aliphatic heterocycles. The normalized spacial score (nSPS) is 13.1. The summed E-state index contributed by atoms with van der Waals surface area (Å²) in [6, 6.07) is 14.7. The molecule has 0 aliphatic carbocycles. The number of hydrogen-bond donors (Lipinski definition) is 2. The van der Waals surface area contributed by atoms with Gasteiger partial charge in [0.2, 0.25) is 0 Å². The molecule has 1 unspecified atom stereocenters. The van der Waals surface area contributed by atoms with Crippen LogP contribution in [0.2, 0.25) is 0 Å². The van der Waals surface area contributed by atoms with Crippen molar-refractivity contribution < 1.29 is 18.3 Å². The summed E-state index contributed by atoms with van der Waals surface area (Å²) in [5, 5.41) is 12.3. The first-order chi connectivity index (χ1) is 10.5. The average Bonchev–Trinajstić information content (AvgIpc) is 2.51. The van der Waals surface area contributed by atoms with Crippen molar-refractivity contribution in [2.24, 2.45) is 0 Å². The molecule has 22 heavy (non-hydrogen) atoms. The van der Waals surface area contributed by atoms with Crippen LogP contribution in [0.15, 0.2) is 54.6 Å². The highest BCUT2D eigenvalue weighted by Crippen LogP contribution is 2.32. The van der Waals surface area contributed by atoms with E-state index in [0.29, 0.717) is 6.42 Å². The lowest BCUT2D eigenvalue weighted by Gasteiger charge is -2.20. The topological polar surface area (TPSA) is 32.3 Å². The van der Waals surface area contributed by atoms with E-state index in [9.17, 15) is 13.2 Å². The molecule has 0 amide bonds. The smallest absolute Gasteiger partial charge is 0.396 e. The van der Waals surface area contributed by atoms with E-state index in [1.165, 1.54) is 12.1 Å². The van der Waals surface area contributed by atoms with Crippen LogP contribution in [0.5, 0.6) is 0 Å². The van der Waals surface area contributed by atoms with Gasteiger partial charge in [0.15, 0.2) is 0 Å². The number of alkyl halides is 3. The first kappa shape index (κ1) is 16.5. The minimum atomic E-state index is -4.36. The standard InChI is InChI=1S/C17H18F3NO/c18-17(19,20)15-9-5-4-8-14(15)12-21-16(10-11-22)13-6-2-1-3-7-13/h1-9,16,21-22H,10-12H2. The van der Waals surface area contributed by atoms with E-state index in [1.807, 2.05) is 30.3 Å². The molecule has 0 heterocycles. The molecule has 0 saturated heterocycles. The highest BCUT2D eigenvalue weighted by atomic mass is 19.4. The van der Waals surface area contributed by atoms with Crippen LogP contribution in [0.4, 0.5) is 13.2 Å². The van der Waals surface area contributed by atoms with Gasteiger partial charge in [-0.1, -0.05) is 48.5 Å². The number of aliphatic hydroxyl groups is 1. The van der Waals surface area contributed by atoms with Crippen LogP contribution in [0, 0.1) is 0 Å². The lowest BCUT2D eigenvalue weighted by molar-refractivity contribution is -0.138. The fourth-order valence-electron chi connectivity index (χ4n) is 2.39. The zero-order chi connectivity index (χ0) is 16.0. The Balaban J connectivity index is 2.14. The first-order valence-corrected chi connectivity index (χ1v) is 7.06. The van der Waals surface area contributed by atoms with Gasteiger partial charge in [0, 0.05) is 19.2 Å². The van der Waals surface area contributed by atoms with E-state index < -0.39 is 11.7 Å². The third-order valence-electron chi connectivity index (χ3n) is 3.48. The first-order valence-electron chi connectivity index (χ1n) is 7.06. The molecule has 0 aromatic heterocycles. The summed E-state index contributed by atoms with van der Waals surface area (Å²) in [6.07, 6.45) is -3.92. The molecular formula is C17H18F3NO. The van der Waals surface area contributed by atoms with Gasteiger partial charge in [-0.3, -0.25) is 0 Å². The van der Waals surface area contributed by atoms with Crippen molar-refractivity contribution in [3.05, 3.63) is 71.3 Å². The Morgan fingerprint density at radius 3 is 2.23 bits per heavy atom. The van der Waals surface area contributed by atoms with Gasteiger partial charge in [0.1, 0.15) is 0 Å². The molecule has 0 radical (unpaired) electrons. The average molecular weight is 309 g/mol. The number of nitrogens with one attached hydrogen (secondary N) is 1. The van der Waals surface area contributed by atoms with Crippen LogP contribution in [-0.4, -0.2) is 11.7 Å². The molecule has 2 aromatic rings. The fourth-order valence-corrected chi connectivity index (χ4v) is 2.39. The minimum absolute atomic E-state index is 0.0342. The Kier molecular flexibility index (Phi) is 5.57. The van der Waals surface area contributed by atoms with E-state index in [4.69, 9.17) is 5.11 Å². The lowest BCUT2D eigenvalue weighted by Crippen LogP contribution is -2.23. The number of halogens is 3. The SMILES string of the molecule is OCCC(NCc1ccccc1C(F)(F)F)c1ccccc1. The van der Waals surface area contributed by atoms with Gasteiger partial charge >= 0.3 is 6.18 Å². The molecule has 0 bridgehead atoms. The van der Waals surface area contributed by atoms with Crippen molar-refractivity contribution in [3.63, 3.8) is 0 Å². The Morgan fingerprint density at radius 2 is 1.59 bits per heavy atom. The van der Waals surface area contributed by atoms with E-state index in [2.05, 4.69) is 5.32 Å². The second-order valence-corrected chi connectivity index (χ2v) is 5.01. The maximum Gasteiger partial charge on any atom is 0.416 e. The quantitative estimate of drug-likeness (QED) is 0.847. The Labute approximate surface area is 127 Å². The summed E-state index contributed by atoms with van der Waals surface area (Å²) >= 11 is 0. The number of rotatable bonds is 6. The van der Waals surface area contributed by atoms with Gasteiger partial charge < -0.3 is 10.4 Å². The van der Waals surface area contributed by atoms with E-state index in [-0.39, 0.29) is 24.8 Å². The molecule has 1 atom stereocenters. The lowest BCUT2D eigenvalue weighted by atomic mass is 10.0. The Hall–Kier alpha value is -1.85. The molecule has 0 spiro atoms. The zero-order valence-electron chi connectivity index (χ0n) is 12.0. The molecule has 118 valence electrons. The molecule has 2 N–H and O–H groups in total. The van der Waals surface area contributed by atoms with Crippen LogP contribution in [-0.2, 0) is 12.7 Å². The molecule has 2 aromatic carbocycles. The van der Waals surface area contributed by atoms with Gasteiger partial charge in [-0.25, -0.2) is 0 Å². The third-order valence-corrected chi connectivity index (χ3v) is 3.48. The number of aliphatic hydroxyl groups excluding tert-OH is 1. The van der Waals surface area contributed by atoms with Gasteiger partial charge in [-0.05, 0) is 23.6 Å². The number of hydrogen-bond acceptors (Lipinski definition) is 2. The van der Waals surface area contributed by atoms with Crippen LogP contribution in [0.1, 0.15) is 29.2 Å². The largest absolute Gasteiger partial charge is 0.416 e. The predicted octanol–water partition coefficient (Wildman–Crippen LogP) is 3.92. The van der Waals surface area contributed by atoms with Crippen LogP contribution in [0.25, 0.3) is 0 Å². The van der Waals surface area contributed by atoms with E-state index in [1.54, 1.807) is 6.07 Å². The summed E-state index contributed by atoms with van der Waals surface area (Å²) in [6.45, 7) is 0.0583. The van der Waals surface area contributed by atoms with Gasteiger partial charge in [-0.15, -0.1) is 0 Å². The highest BCUT2D eigenvalue weighted by Gasteiger charge is 2.32. The zero-order valence-corrected chi connectivity index (χ0v) is 12.0. The summed E-state index contributed by atoms with van der Waals surface area (Å²) in [4.78, 5) is 0. The monoisotopic (exact) mass is 309 g/mol. The molecule has 2 nitrogen and oxygen atoms in total. The number of benzene rings is 2. The Bertz CT molecular complexity index is 584. The van der Waals surface area contributed by atoms with Crippen molar-refractivity contribution in [1.82, 2.24) is 5.32 Å². The van der Waals surface area contributed by atoms with Gasteiger partial charge in [-0.2, -0.15) is 13.2 Å². The van der Waals surface area contributed by atoms with E-state index in [0.717, 1.165) is 11.6 Å². The molecule has 0 fully saturated rings. The van der Waals surface area contributed by atoms with Crippen molar-refractivity contribution >= 4 is 0 Å². The second-order valence-electron chi connectivity index (χ2n) is 5.01. The fraction of sp³-hybridized carbons (Fsp3) is 0.294. The van der Waals surface area contributed by atoms with Crippen molar-refractivity contribution in [2.45, 2.75) is 25.2 Å². The van der Waals surface area contributed by atoms with Gasteiger partial charge in [0.05, 0.1) is 5.56 Å². The van der Waals surface area contributed by atoms with E-state index >= 15 is 0 Å². The highest BCUT2D eigenvalue weighted by molar-refractivity contribution is 5.30. The minimum Gasteiger partial charge on any atom is -0.396 e. The summed E-state index contributed by atoms with van der Waals surface area (Å²) in [5.41, 5.74) is 0.522. The van der Waals surface area contributed by atoms with Crippen molar-refractivity contribution in [3.8, 4) is 0 Å². The predicted molar refractivity (Wildman–Crippen MR) is 79.2 cm³/mol. The summed E-state index contributed by atoms with van der Waals surface area (Å²) in [5.74, 6) is 0. The second kappa shape index (κ2) is 7.42. The summed E-state index contributed by atoms with van der Waals surface area (Å²) in [7, 11) is 0. The van der Waals surface area contributed by atoms with Gasteiger partial charge in [0.25, 0.3) is 0 Å².